The molecule has 1 fully saturated rings. The molecule has 0 aromatic carbocycles. The first kappa shape index (κ1) is 12.0. The average molecular weight is 214 g/mol. The summed E-state index contributed by atoms with van der Waals surface area (Å²) in [6, 6.07) is 0. The largest absolute Gasteiger partial charge is 0.481 e. The molecule has 0 amide bonds. The topological polar surface area (TPSA) is 63.6 Å². The number of carboxylic acid groups (broad SMARTS) is 1. The van der Waals surface area contributed by atoms with Crippen LogP contribution in [0.1, 0.15) is 44.9 Å². The number of esters is 1. The first-order valence-electron chi connectivity index (χ1n) is 5.41. The molecule has 1 aliphatic carbocycles. The second kappa shape index (κ2) is 5.14. The van der Waals surface area contributed by atoms with E-state index in [1.807, 2.05) is 0 Å². The fourth-order valence-corrected chi connectivity index (χ4v) is 2.01. The number of carbonyl (C=O) groups excluding carboxylic acids is 1. The number of methoxy groups -OCH3 is 1. The number of hydrogen-bond acceptors (Lipinski definition) is 3. The molecule has 15 heavy (non-hydrogen) atoms. The van der Waals surface area contributed by atoms with Crippen LogP contribution in [0, 0.1) is 5.41 Å². The van der Waals surface area contributed by atoms with Crippen molar-refractivity contribution in [1.82, 2.24) is 0 Å². The van der Waals surface area contributed by atoms with Crippen molar-refractivity contribution in [2.75, 3.05) is 7.11 Å². The van der Waals surface area contributed by atoms with E-state index < -0.39 is 11.4 Å². The maximum atomic E-state index is 11.0. The van der Waals surface area contributed by atoms with Crippen LogP contribution in [-0.4, -0.2) is 24.2 Å². The summed E-state index contributed by atoms with van der Waals surface area (Å²) >= 11 is 0. The van der Waals surface area contributed by atoms with Gasteiger partial charge in [-0.15, -0.1) is 0 Å². The summed E-state index contributed by atoms with van der Waals surface area (Å²) in [6.07, 6.45) is 5.21. The lowest BCUT2D eigenvalue weighted by Gasteiger charge is -2.37. The molecule has 4 nitrogen and oxygen atoms in total. The van der Waals surface area contributed by atoms with E-state index in [1.54, 1.807) is 0 Å². The van der Waals surface area contributed by atoms with Crippen LogP contribution in [0.4, 0.5) is 0 Å². The summed E-state index contributed by atoms with van der Waals surface area (Å²) in [7, 11) is 1.37. The Bertz CT molecular complexity index is 243. The zero-order valence-corrected chi connectivity index (χ0v) is 9.12. The number of unbranched alkanes of at least 4 members (excludes halogenated alkanes) is 1. The van der Waals surface area contributed by atoms with Gasteiger partial charge < -0.3 is 9.84 Å². The Hall–Kier alpha value is -1.06. The van der Waals surface area contributed by atoms with Crippen LogP contribution in [0.3, 0.4) is 0 Å². The molecule has 1 N–H and O–H groups in total. The van der Waals surface area contributed by atoms with Gasteiger partial charge in [0.15, 0.2) is 0 Å². The van der Waals surface area contributed by atoms with E-state index in [0.717, 1.165) is 32.1 Å². The second-order valence-corrected chi connectivity index (χ2v) is 4.22. The first-order valence-corrected chi connectivity index (χ1v) is 5.41. The molecule has 1 aliphatic rings. The molecule has 0 aromatic heterocycles. The fourth-order valence-electron chi connectivity index (χ4n) is 2.01. The zero-order valence-electron chi connectivity index (χ0n) is 9.12. The Morgan fingerprint density at radius 1 is 1.33 bits per heavy atom. The number of carbonyl (C=O) groups is 2. The zero-order chi connectivity index (χ0) is 11.3. The standard InChI is InChI=1S/C11H18O4/c1-15-9(12)5-2-3-6-11(10(13)14)7-4-8-11/h2-8H2,1H3,(H,13,14). The van der Waals surface area contributed by atoms with E-state index in [2.05, 4.69) is 4.74 Å². The lowest BCUT2D eigenvalue weighted by atomic mass is 9.66. The van der Waals surface area contributed by atoms with Crippen molar-refractivity contribution in [2.45, 2.75) is 44.9 Å². The fraction of sp³-hybridized carbons (Fsp3) is 0.818. The molecule has 0 atom stereocenters. The molecule has 4 heteroatoms. The normalized spacial score (nSPS) is 17.9. The number of carboxylic acids is 1. The molecular formula is C11H18O4. The summed E-state index contributed by atoms with van der Waals surface area (Å²) in [4.78, 5) is 21.8. The van der Waals surface area contributed by atoms with E-state index in [1.165, 1.54) is 7.11 Å². The van der Waals surface area contributed by atoms with E-state index in [0.29, 0.717) is 12.8 Å². The number of ether oxygens (including phenoxy) is 1. The molecule has 0 unspecified atom stereocenters. The lowest BCUT2D eigenvalue weighted by Crippen LogP contribution is -2.37. The summed E-state index contributed by atoms with van der Waals surface area (Å²) in [5, 5.41) is 9.05. The molecular weight excluding hydrogens is 196 g/mol. The minimum atomic E-state index is -0.674. The Balaban J connectivity index is 2.19. The highest BCUT2D eigenvalue weighted by molar-refractivity contribution is 5.75. The lowest BCUT2D eigenvalue weighted by molar-refractivity contribution is -0.155. The van der Waals surface area contributed by atoms with Crippen LogP contribution in [0.5, 0.6) is 0 Å². The van der Waals surface area contributed by atoms with Gasteiger partial charge in [-0.1, -0.05) is 12.8 Å². The van der Waals surface area contributed by atoms with E-state index >= 15 is 0 Å². The van der Waals surface area contributed by atoms with E-state index in [4.69, 9.17) is 5.11 Å². The van der Waals surface area contributed by atoms with Gasteiger partial charge in [0.25, 0.3) is 0 Å². The van der Waals surface area contributed by atoms with Crippen LogP contribution in [0.25, 0.3) is 0 Å². The quantitative estimate of drug-likeness (QED) is 0.542. The monoisotopic (exact) mass is 214 g/mol. The minimum absolute atomic E-state index is 0.215. The second-order valence-electron chi connectivity index (χ2n) is 4.22. The molecule has 86 valence electrons. The van der Waals surface area contributed by atoms with Gasteiger partial charge in [-0.05, 0) is 25.7 Å². The Morgan fingerprint density at radius 3 is 2.40 bits per heavy atom. The number of aliphatic carboxylic acids is 1. The predicted molar refractivity (Wildman–Crippen MR) is 54.4 cm³/mol. The molecule has 0 saturated heterocycles. The van der Waals surface area contributed by atoms with Crippen molar-refractivity contribution >= 4 is 11.9 Å². The third-order valence-corrected chi connectivity index (χ3v) is 3.28. The third-order valence-electron chi connectivity index (χ3n) is 3.28. The molecule has 0 aliphatic heterocycles. The maximum absolute atomic E-state index is 11.0. The van der Waals surface area contributed by atoms with Crippen molar-refractivity contribution in [3.8, 4) is 0 Å². The minimum Gasteiger partial charge on any atom is -0.481 e. The summed E-state index contributed by atoms with van der Waals surface area (Å²) in [6.45, 7) is 0. The molecule has 0 bridgehead atoms. The van der Waals surface area contributed by atoms with E-state index in [-0.39, 0.29) is 5.97 Å². The summed E-state index contributed by atoms with van der Waals surface area (Å²) in [5.74, 6) is -0.889. The van der Waals surface area contributed by atoms with Gasteiger partial charge in [-0.25, -0.2) is 0 Å². The Kier molecular flexibility index (Phi) is 4.12. The van der Waals surface area contributed by atoms with Crippen LogP contribution in [0.2, 0.25) is 0 Å². The van der Waals surface area contributed by atoms with E-state index in [9.17, 15) is 9.59 Å². The van der Waals surface area contributed by atoms with Gasteiger partial charge in [0.2, 0.25) is 0 Å². The Labute approximate surface area is 89.6 Å². The molecule has 0 aromatic rings. The molecule has 0 spiro atoms. The van der Waals surface area contributed by atoms with Crippen LogP contribution >= 0.6 is 0 Å². The SMILES string of the molecule is COC(=O)CCCCC1(C(=O)O)CCC1. The van der Waals surface area contributed by atoms with Crippen molar-refractivity contribution in [1.29, 1.82) is 0 Å². The maximum Gasteiger partial charge on any atom is 0.309 e. The number of rotatable bonds is 6. The average Bonchev–Trinajstić information content (AvgIpc) is 2.14. The van der Waals surface area contributed by atoms with Crippen molar-refractivity contribution in [3.63, 3.8) is 0 Å². The van der Waals surface area contributed by atoms with Crippen molar-refractivity contribution in [2.24, 2.45) is 5.41 Å². The van der Waals surface area contributed by atoms with Crippen molar-refractivity contribution < 1.29 is 19.4 Å². The highest BCUT2D eigenvalue weighted by atomic mass is 16.5. The van der Waals surface area contributed by atoms with Crippen LogP contribution in [-0.2, 0) is 14.3 Å². The summed E-state index contributed by atoms with van der Waals surface area (Å²) < 4.78 is 4.51. The van der Waals surface area contributed by atoms with Gasteiger partial charge in [0, 0.05) is 6.42 Å². The third kappa shape index (κ3) is 2.94. The van der Waals surface area contributed by atoms with Gasteiger partial charge in [0.1, 0.15) is 0 Å². The highest BCUT2D eigenvalue weighted by Crippen LogP contribution is 2.45. The van der Waals surface area contributed by atoms with Gasteiger partial charge in [0.05, 0.1) is 12.5 Å². The van der Waals surface area contributed by atoms with Gasteiger partial charge >= 0.3 is 11.9 Å². The first-order chi connectivity index (χ1) is 7.10. The molecule has 0 heterocycles. The van der Waals surface area contributed by atoms with Gasteiger partial charge in [-0.3, -0.25) is 9.59 Å². The number of hydrogen-bond donors (Lipinski definition) is 1. The highest BCUT2D eigenvalue weighted by Gasteiger charge is 2.43. The van der Waals surface area contributed by atoms with Crippen molar-refractivity contribution in [3.05, 3.63) is 0 Å². The molecule has 0 radical (unpaired) electrons. The molecule has 1 rings (SSSR count). The molecule has 1 saturated carbocycles. The summed E-state index contributed by atoms with van der Waals surface area (Å²) in [5.41, 5.74) is -0.476. The van der Waals surface area contributed by atoms with Crippen LogP contribution in [0.15, 0.2) is 0 Å². The van der Waals surface area contributed by atoms with Crippen LogP contribution < -0.4 is 0 Å². The van der Waals surface area contributed by atoms with Gasteiger partial charge in [-0.2, -0.15) is 0 Å². The Morgan fingerprint density at radius 2 is 2.00 bits per heavy atom. The predicted octanol–water partition coefficient (Wildman–Crippen LogP) is 1.97. The smallest absolute Gasteiger partial charge is 0.309 e.